The lowest BCUT2D eigenvalue weighted by Crippen LogP contribution is -2.38. The number of aliphatic hydroxyl groups is 1. The van der Waals surface area contributed by atoms with Gasteiger partial charge in [0.05, 0.1) is 13.7 Å². The number of ketones is 1. The smallest absolute Gasteiger partial charge is 0.202 e. The van der Waals surface area contributed by atoms with Crippen molar-refractivity contribution in [3.05, 3.63) is 65.2 Å². The Hall–Kier alpha value is -4.15. The number of phenols is 3. The number of fused-ring (bicyclic) bond motifs is 2. The van der Waals surface area contributed by atoms with Crippen LogP contribution in [0.5, 0.6) is 40.2 Å². The lowest BCUT2D eigenvalue weighted by molar-refractivity contribution is -0.0244. The van der Waals surface area contributed by atoms with E-state index in [1.54, 1.807) is 30.3 Å². The molecule has 0 amide bonds. The lowest BCUT2D eigenvalue weighted by Gasteiger charge is -2.35. The van der Waals surface area contributed by atoms with Gasteiger partial charge in [-0.15, -0.1) is 0 Å². The van der Waals surface area contributed by atoms with Crippen molar-refractivity contribution in [2.45, 2.75) is 45.2 Å². The Balaban J connectivity index is 0.000000867. The Kier molecular flexibility index (Phi) is 8.61. The number of carbonyl (C=O) groups excluding carboxylic acids is 1. The monoisotopic (exact) mass is 554 g/mol. The minimum absolute atomic E-state index is 0.00453. The molecular formula is C30H34O10. The van der Waals surface area contributed by atoms with E-state index in [0.717, 1.165) is 12.0 Å². The van der Waals surface area contributed by atoms with Gasteiger partial charge in [0.1, 0.15) is 22.8 Å². The normalized spacial score (nSPS) is 21.1. The summed E-state index contributed by atoms with van der Waals surface area (Å²) in [4.78, 5) is 12.8. The second-order valence-corrected chi connectivity index (χ2v) is 10.2. The van der Waals surface area contributed by atoms with E-state index < -0.39 is 35.9 Å². The number of carbonyl (C=O) groups is 1. The number of aromatic hydroxyl groups is 3. The van der Waals surface area contributed by atoms with Crippen LogP contribution in [0.2, 0.25) is 0 Å². The van der Waals surface area contributed by atoms with E-state index in [-0.39, 0.29) is 29.4 Å². The number of rotatable bonds is 5. The van der Waals surface area contributed by atoms with Gasteiger partial charge in [-0.2, -0.15) is 0 Å². The Morgan fingerprint density at radius 2 is 1.45 bits per heavy atom. The molecule has 0 saturated heterocycles. The molecule has 4 unspecified atom stereocenters. The van der Waals surface area contributed by atoms with Crippen molar-refractivity contribution in [1.29, 1.82) is 0 Å². The van der Waals surface area contributed by atoms with Gasteiger partial charge in [-0.05, 0) is 35.7 Å². The van der Waals surface area contributed by atoms with Gasteiger partial charge < -0.3 is 44.1 Å². The molecule has 0 spiro atoms. The Labute approximate surface area is 232 Å². The fraction of sp³-hybridized carbons (Fsp3) is 0.367. The number of aliphatic hydroxyl groups excluding tert-OH is 1. The fourth-order valence-corrected chi connectivity index (χ4v) is 4.43. The van der Waals surface area contributed by atoms with Crippen LogP contribution in [-0.4, -0.2) is 59.2 Å². The fourth-order valence-electron chi connectivity index (χ4n) is 4.43. The minimum atomic E-state index is -1.59. The van der Waals surface area contributed by atoms with Crippen molar-refractivity contribution < 1.29 is 48.9 Å². The number of hydrogen-bond donors (Lipinski definition) is 4. The second-order valence-electron chi connectivity index (χ2n) is 10.2. The number of methoxy groups -OCH3 is 2. The third-order valence-corrected chi connectivity index (χ3v) is 6.15. The molecule has 0 bridgehead atoms. The molecule has 2 heterocycles. The van der Waals surface area contributed by atoms with Crippen LogP contribution in [0.25, 0.3) is 0 Å². The van der Waals surface area contributed by atoms with E-state index >= 15 is 0 Å². The number of phenolic OH excluding ortho intramolecular Hbond substituents is 3. The summed E-state index contributed by atoms with van der Waals surface area (Å²) in [5.41, 5.74) is 0.934. The molecule has 2 aliphatic rings. The van der Waals surface area contributed by atoms with Gasteiger partial charge in [0.25, 0.3) is 0 Å². The zero-order chi connectivity index (χ0) is 29.1. The van der Waals surface area contributed by atoms with E-state index in [1.165, 1.54) is 26.4 Å². The molecule has 4 N–H and O–H groups in total. The van der Waals surface area contributed by atoms with Gasteiger partial charge in [0, 0.05) is 24.8 Å². The van der Waals surface area contributed by atoms with Crippen LogP contribution in [-0.2, 0) is 4.74 Å². The van der Waals surface area contributed by atoms with Crippen molar-refractivity contribution >= 4 is 5.78 Å². The van der Waals surface area contributed by atoms with E-state index in [4.69, 9.17) is 23.7 Å². The first-order chi connectivity index (χ1) is 19.0. The average Bonchev–Trinajstić information content (AvgIpc) is 2.90. The summed E-state index contributed by atoms with van der Waals surface area (Å²) in [6.07, 6.45) is -3.85. The van der Waals surface area contributed by atoms with Crippen LogP contribution in [0.1, 0.15) is 54.5 Å². The van der Waals surface area contributed by atoms with E-state index in [1.807, 2.05) is 0 Å². The van der Waals surface area contributed by atoms with E-state index in [2.05, 4.69) is 20.8 Å². The highest BCUT2D eigenvalue weighted by molar-refractivity contribution is 6.05. The molecule has 10 heteroatoms. The topological polar surface area (TPSA) is 144 Å². The molecule has 3 aromatic rings. The standard InChI is InChI=1S/C26H24O10.C4H10/c1-32-11-21-25(12-3-5-15(28)18(7-12)33-2)35-17-6-4-13(8-19(17)34-21)26-24(31)23(30)22-16(29)9-14(27)10-20(22)36-26;1-4(2)3/h3-10,21,24-29,31H,11H2,1-2H3;4H,1-3H3. The van der Waals surface area contributed by atoms with E-state index in [9.17, 15) is 25.2 Å². The molecule has 0 fully saturated rings. The largest absolute Gasteiger partial charge is 0.508 e. The number of Topliss-reactive ketones (excluding diaryl/α,β-unsaturated/α-hetero) is 1. The van der Waals surface area contributed by atoms with Crippen LogP contribution in [0.4, 0.5) is 0 Å². The summed E-state index contributed by atoms with van der Waals surface area (Å²) in [6, 6.07) is 11.9. The molecule has 40 heavy (non-hydrogen) atoms. The first-order valence-electron chi connectivity index (χ1n) is 12.8. The predicted molar refractivity (Wildman–Crippen MR) is 145 cm³/mol. The summed E-state index contributed by atoms with van der Waals surface area (Å²) in [6.45, 7) is 6.69. The highest BCUT2D eigenvalue weighted by Gasteiger charge is 2.40. The minimum Gasteiger partial charge on any atom is -0.508 e. The quantitative estimate of drug-likeness (QED) is 0.351. The van der Waals surface area contributed by atoms with Crippen molar-refractivity contribution in [3.63, 3.8) is 0 Å². The van der Waals surface area contributed by atoms with Gasteiger partial charge in [0.15, 0.2) is 47.4 Å². The van der Waals surface area contributed by atoms with Crippen molar-refractivity contribution in [2.24, 2.45) is 5.92 Å². The molecule has 0 aromatic heterocycles. The molecule has 0 radical (unpaired) electrons. The molecule has 2 aliphatic heterocycles. The summed E-state index contributed by atoms with van der Waals surface area (Å²) in [7, 11) is 2.98. The van der Waals surface area contributed by atoms with E-state index in [0.29, 0.717) is 28.4 Å². The molecule has 214 valence electrons. The Bertz CT molecular complexity index is 1370. The molecule has 0 saturated carbocycles. The maximum Gasteiger partial charge on any atom is 0.202 e. The number of hydrogen-bond acceptors (Lipinski definition) is 10. The summed E-state index contributed by atoms with van der Waals surface area (Å²) < 4.78 is 28.7. The Morgan fingerprint density at radius 1 is 0.800 bits per heavy atom. The van der Waals surface area contributed by atoms with Crippen LogP contribution in [0, 0.1) is 5.92 Å². The molecule has 3 aromatic carbocycles. The van der Waals surface area contributed by atoms with Gasteiger partial charge >= 0.3 is 0 Å². The second kappa shape index (κ2) is 11.9. The van der Waals surface area contributed by atoms with Crippen molar-refractivity contribution in [2.75, 3.05) is 20.8 Å². The summed E-state index contributed by atoms with van der Waals surface area (Å²) in [5, 5.41) is 40.4. The summed E-state index contributed by atoms with van der Waals surface area (Å²) >= 11 is 0. The van der Waals surface area contributed by atoms with Crippen LogP contribution in [0.3, 0.4) is 0 Å². The highest BCUT2D eigenvalue weighted by Crippen LogP contribution is 2.46. The van der Waals surface area contributed by atoms with Gasteiger partial charge in [0.2, 0.25) is 5.78 Å². The van der Waals surface area contributed by atoms with Gasteiger partial charge in [-0.25, -0.2) is 0 Å². The SMILES string of the molecule is CC(C)C.COCC1Oc2cc(C3Oc4cc(O)cc(O)c4C(=O)C3O)ccc2OC1c1ccc(O)c(OC)c1. The zero-order valence-corrected chi connectivity index (χ0v) is 23.0. The van der Waals surface area contributed by atoms with Crippen molar-refractivity contribution in [1.82, 2.24) is 0 Å². The first-order valence-corrected chi connectivity index (χ1v) is 12.8. The molecular weight excluding hydrogens is 520 g/mol. The van der Waals surface area contributed by atoms with Gasteiger partial charge in [-0.3, -0.25) is 4.79 Å². The summed E-state index contributed by atoms with van der Waals surface area (Å²) in [5.74, 6) is 0.354. The third-order valence-electron chi connectivity index (χ3n) is 6.15. The van der Waals surface area contributed by atoms with Crippen molar-refractivity contribution in [3.8, 4) is 40.2 Å². The molecule has 4 atom stereocenters. The predicted octanol–water partition coefficient (Wildman–Crippen LogP) is 4.68. The molecule has 10 nitrogen and oxygen atoms in total. The lowest BCUT2D eigenvalue weighted by atomic mass is 9.92. The highest BCUT2D eigenvalue weighted by atomic mass is 16.6. The van der Waals surface area contributed by atoms with Crippen LogP contribution in [0.15, 0.2) is 48.5 Å². The maximum absolute atomic E-state index is 12.8. The average molecular weight is 555 g/mol. The first kappa shape index (κ1) is 28.8. The molecule has 0 aliphatic carbocycles. The maximum atomic E-state index is 12.8. The van der Waals surface area contributed by atoms with Crippen LogP contribution < -0.4 is 18.9 Å². The third kappa shape index (κ3) is 5.88. The molecule has 5 rings (SSSR count). The zero-order valence-electron chi connectivity index (χ0n) is 23.0. The van der Waals surface area contributed by atoms with Crippen LogP contribution >= 0.6 is 0 Å². The van der Waals surface area contributed by atoms with Gasteiger partial charge in [-0.1, -0.05) is 32.9 Å². The number of ether oxygens (including phenoxy) is 5. The Morgan fingerprint density at radius 3 is 2.12 bits per heavy atom. The number of benzene rings is 3.